The first-order valence-corrected chi connectivity index (χ1v) is 24.6. The monoisotopic (exact) mass is 973 g/mol. The van der Waals surface area contributed by atoms with Crippen molar-refractivity contribution >= 4 is 64.0 Å². The van der Waals surface area contributed by atoms with E-state index >= 15 is 0 Å². The fourth-order valence-corrected chi connectivity index (χ4v) is 10.4. The number of carbonyl (C=O) groups is 5. The maximum atomic E-state index is 13.2. The molecule has 5 aliphatic rings. The second kappa shape index (κ2) is 24.5. The van der Waals surface area contributed by atoms with E-state index in [4.69, 9.17) is 21.4 Å². The maximum absolute atomic E-state index is 13.2. The molecule has 1 aliphatic carbocycles. The van der Waals surface area contributed by atoms with Gasteiger partial charge in [0.25, 0.3) is 5.91 Å². The highest BCUT2D eigenvalue weighted by Crippen LogP contribution is 2.46. The van der Waals surface area contributed by atoms with E-state index in [1.165, 1.54) is 0 Å². The molecule has 18 heteroatoms. The van der Waals surface area contributed by atoms with Crippen molar-refractivity contribution in [1.82, 2.24) is 25.3 Å². The van der Waals surface area contributed by atoms with Gasteiger partial charge in [0.15, 0.2) is 17.2 Å². The smallest absolute Gasteiger partial charge is 0.349 e. The number of hydrogen-bond acceptors (Lipinski definition) is 12. The van der Waals surface area contributed by atoms with Crippen molar-refractivity contribution in [3.63, 3.8) is 0 Å². The van der Waals surface area contributed by atoms with E-state index < -0.39 is 24.6 Å². The minimum atomic E-state index is -1.21. The molecular weight excluding hydrogens is 910 g/mol. The quantitative estimate of drug-likeness (QED) is 0.0824. The number of thiophene rings is 1. The molecule has 3 aromatic rings. The number of aliphatic hydroxyl groups is 1. The molecule has 2 aromatic carbocycles. The van der Waals surface area contributed by atoms with Crippen molar-refractivity contribution in [1.29, 1.82) is 0 Å². The van der Waals surface area contributed by atoms with E-state index in [1.54, 1.807) is 11.0 Å². The lowest BCUT2D eigenvalue weighted by molar-refractivity contribution is -0.139. The number of benzene rings is 2. The molecule has 5 heterocycles. The van der Waals surface area contributed by atoms with Gasteiger partial charge >= 0.3 is 11.9 Å². The number of halogens is 1. The Bertz CT molecular complexity index is 2390. The first-order chi connectivity index (χ1) is 32.8. The highest BCUT2D eigenvalue weighted by molar-refractivity contribution is 7.18. The zero-order chi connectivity index (χ0) is 48.9. The minimum Gasteiger partial charge on any atom is -0.479 e. The van der Waals surface area contributed by atoms with E-state index in [-0.39, 0.29) is 40.0 Å². The van der Waals surface area contributed by atoms with Crippen LogP contribution in [0.2, 0.25) is 5.02 Å². The highest BCUT2D eigenvalue weighted by Gasteiger charge is 2.42. The Labute approximate surface area is 407 Å². The number of aliphatic carboxylic acids is 1. The van der Waals surface area contributed by atoms with Gasteiger partial charge in [0, 0.05) is 78.6 Å². The number of nitrogens with zero attached hydrogens (tertiary/aromatic N) is 3. The first kappa shape index (κ1) is 51.7. The number of nitrogens with one attached hydrogen (secondary N) is 4. The highest BCUT2D eigenvalue weighted by atomic mass is 35.5. The number of aromatic carboxylic acids is 1. The lowest BCUT2D eigenvalue weighted by Crippen LogP contribution is -2.50. The summed E-state index contributed by atoms with van der Waals surface area (Å²) in [6.07, 6.45) is 9.51. The summed E-state index contributed by atoms with van der Waals surface area (Å²) in [6, 6.07) is 15.1. The number of allylic oxidation sites excluding steroid dienone is 3. The van der Waals surface area contributed by atoms with Crippen molar-refractivity contribution in [2.75, 3.05) is 63.6 Å². The molecular formula is C50H64ClN7O9S. The Balaban J connectivity index is 0.000000226. The normalized spacial score (nSPS) is 19.1. The Hall–Kier alpha value is -5.72. The van der Waals surface area contributed by atoms with Crippen LogP contribution in [-0.4, -0.2) is 131 Å². The number of amides is 3. The van der Waals surface area contributed by atoms with E-state index in [1.807, 2.05) is 62.4 Å². The van der Waals surface area contributed by atoms with Gasteiger partial charge < -0.3 is 56.0 Å². The van der Waals surface area contributed by atoms with Crippen LogP contribution in [0.25, 0.3) is 10.4 Å². The molecule has 0 bridgehead atoms. The van der Waals surface area contributed by atoms with Crippen LogP contribution in [0.4, 0.5) is 11.4 Å². The Morgan fingerprint density at radius 2 is 1.62 bits per heavy atom. The topological polar surface area (TPSA) is 213 Å². The minimum absolute atomic E-state index is 0.0276. The van der Waals surface area contributed by atoms with Gasteiger partial charge in [-0.05, 0) is 107 Å². The summed E-state index contributed by atoms with van der Waals surface area (Å²) >= 11 is 7.33. The Morgan fingerprint density at radius 1 is 0.926 bits per heavy atom. The second-order valence-electron chi connectivity index (χ2n) is 17.3. The third-order valence-electron chi connectivity index (χ3n) is 12.5. The van der Waals surface area contributed by atoms with Gasteiger partial charge in [-0.15, -0.1) is 11.3 Å². The van der Waals surface area contributed by atoms with Crippen molar-refractivity contribution in [3.8, 4) is 16.2 Å². The summed E-state index contributed by atoms with van der Waals surface area (Å²) in [7, 11) is 2.11. The van der Waals surface area contributed by atoms with Crippen LogP contribution >= 0.6 is 22.9 Å². The molecule has 8 rings (SSSR count). The number of hydrogen-bond donors (Lipinski definition) is 7. The average Bonchev–Trinajstić information content (AvgIpc) is 3.85. The molecule has 4 fully saturated rings. The number of anilines is 2. The van der Waals surface area contributed by atoms with Gasteiger partial charge in [-0.25, -0.2) is 9.59 Å². The summed E-state index contributed by atoms with van der Waals surface area (Å²) in [5.41, 5.74) is 6.82. The number of rotatable bonds is 15. The van der Waals surface area contributed by atoms with Crippen molar-refractivity contribution in [3.05, 3.63) is 99.2 Å². The van der Waals surface area contributed by atoms with Crippen LogP contribution < -0.4 is 26.0 Å². The molecule has 366 valence electrons. The standard InChI is InChI=1S/C29H37N5O4.C19H21ClN2O5S.C2H6/c1-19-8-9-26(28(37)30-19)34-17-24-23(29(34)38)6-3-7-25(24)31-21-10-13-33(14-11-21)15-12-27(36)32-22-5-2-4-20(16-22)18-35;1-22-7-5-12(6-8-22)21-13-4-2-3-11(9-13)17-15(20)16(27-10-14(23)24)18(28-17)19(25)26;1-2/h2,4-6,16,21,26,31,35H,1,3,7-15,17-18H2,(H,30,37)(H,32,36);2-4,9,12,21H,5-8,10H2,1H3,(H,23,24)(H,25,26);1-2H3. The van der Waals surface area contributed by atoms with Crippen LogP contribution in [-0.2, 0) is 25.8 Å². The predicted octanol–water partition coefficient (Wildman–Crippen LogP) is 6.93. The second-order valence-corrected chi connectivity index (χ2v) is 18.7. The molecule has 0 saturated carbocycles. The van der Waals surface area contributed by atoms with Crippen LogP contribution in [0.3, 0.4) is 0 Å². The number of carbonyl (C=O) groups excluding carboxylic acids is 3. The van der Waals surface area contributed by atoms with Crippen LogP contribution in [0, 0.1) is 0 Å². The molecule has 1 atom stereocenters. The van der Waals surface area contributed by atoms with E-state index in [9.17, 15) is 34.2 Å². The summed E-state index contributed by atoms with van der Waals surface area (Å²) < 4.78 is 5.13. The van der Waals surface area contributed by atoms with Gasteiger partial charge in [-0.2, -0.15) is 0 Å². The fraction of sp³-hybridized carbons (Fsp3) is 0.460. The molecule has 3 amide bonds. The van der Waals surface area contributed by atoms with E-state index in [0.29, 0.717) is 55.0 Å². The van der Waals surface area contributed by atoms with Crippen molar-refractivity contribution < 1.29 is 44.0 Å². The largest absolute Gasteiger partial charge is 0.479 e. The fourth-order valence-electron chi connectivity index (χ4n) is 8.96. The van der Waals surface area contributed by atoms with Crippen molar-refractivity contribution in [2.45, 2.75) is 96.4 Å². The first-order valence-electron chi connectivity index (χ1n) is 23.4. The number of carboxylic acid groups (broad SMARTS) is 2. The summed E-state index contributed by atoms with van der Waals surface area (Å²) in [4.78, 5) is 67.2. The number of carboxylic acids is 2. The number of ether oxygens (including phenoxy) is 1. The van der Waals surface area contributed by atoms with Gasteiger partial charge in [-0.3, -0.25) is 14.4 Å². The maximum Gasteiger partial charge on any atom is 0.349 e. The average molecular weight is 975 g/mol. The van der Waals surface area contributed by atoms with E-state index in [2.05, 4.69) is 44.7 Å². The molecule has 0 spiro atoms. The van der Waals surface area contributed by atoms with E-state index in [0.717, 1.165) is 115 Å². The molecule has 4 aliphatic heterocycles. The summed E-state index contributed by atoms with van der Waals surface area (Å²) in [6.45, 7) is 12.2. The molecule has 0 radical (unpaired) electrons. The van der Waals surface area contributed by atoms with Crippen LogP contribution in [0.5, 0.6) is 5.75 Å². The molecule has 1 aromatic heterocycles. The molecule has 68 heavy (non-hydrogen) atoms. The summed E-state index contributed by atoms with van der Waals surface area (Å²) in [5.74, 6) is -2.72. The van der Waals surface area contributed by atoms with Gasteiger partial charge in [0.1, 0.15) is 11.1 Å². The van der Waals surface area contributed by atoms with Gasteiger partial charge in [-0.1, -0.05) is 62.4 Å². The lowest BCUT2D eigenvalue weighted by Gasteiger charge is -2.34. The number of fused-ring (bicyclic) bond motifs is 1. The SMILES string of the molecule is C=C1CCC(N2CC3=C(NC4CCN(CCC(=O)Nc5cccc(CO)c5)CC4)CCC=C3C2=O)C(=O)N1.CC.CN1CCC(Nc2cccc(-c3sc(C(=O)O)c(OCC(=O)O)c3Cl)c2)CC1. The number of aliphatic hydroxyl groups excluding tert-OH is 1. The predicted molar refractivity (Wildman–Crippen MR) is 265 cm³/mol. The Kier molecular flexibility index (Phi) is 18.6. The summed E-state index contributed by atoms with van der Waals surface area (Å²) in [5, 5.41) is 40.6. The third-order valence-corrected chi connectivity index (χ3v) is 14.2. The van der Waals surface area contributed by atoms with Crippen molar-refractivity contribution in [2.24, 2.45) is 0 Å². The van der Waals surface area contributed by atoms with Crippen LogP contribution in [0.1, 0.15) is 86.9 Å². The number of piperidine rings is 3. The lowest BCUT2D eigenvalue weighted by atomic mass is 9.95. The van der Waals surface area contributed by atoms with Gasteiger partial charge in [0.05, 0.1) is 11.5 Å². The van der Waals surface area contributed by atoms with Crippen LogP contribution in [0.15, 0.2) is 83.7 Å². The third kappa shape index (κ3) is 13.5. The number of likely N-dealkylation sites (tertiary alicyclic amines) is 3. The molecule has 1 unspecified atom stereocenters. The molecule has 4 saturated heterocycles. The molecule has 16 nitrogen and oxygen atoms in total. The molecule has 7 N–H and O–H groups in total. The van der Waals surface area contributed by atoms with Gasteiger partial charge in [0.2, 0.25) is 11.8 Å². The zero-order valence-electron chi connectivity index (χ0n) is 39.1. The zero-order valence-corrected chi connectivity index (χ0v) is 40.6. The Morgan fingerprint density at radius 3 is 2.31 bits per heavy atom.